The number of thiophene rings is 1. The van der Waals surface area contributed by atoms with Crippen LogP contribution in [0.4, 0.5) is 0 Å². The SMILES string of the molecule is COc1ccccc1-c1ncc(CN2CCc3nc(-c4cccs4)[nH]c(=O)c3C2)s1. The molecule has 1 aliphatic heterocycles. The van der Waals surface area contributed by atoms with Gasteiger partial charge in [0.2, 0.25) is 0 Å². The molecule has 0 bridgehead atoms. The summed E-state index contributed by atoms with van der Waals surface area (Å²) in [6, 6.07) is 11.9. The number of methoxy groups -OCH3 is 1. The molecule has 152 valence electrons. The van der Waals surface area contributed by atoms with E-state index >= 15 is 0 Å². The van der Waals surface area contributed by atoms with Gasteiger partial charge in [-0.05, 0) is 23.6 Å². The van der Waals surface area contributed by atoms with Crippen molar-refractivity contribution in [2.24, 2.45) is 0 Å². The fourth-order valence-electron chi connectivity index (χ4n) is 3.69. The lowest BCUT2D eigenvalue weighted by atomic mass is 10.1. The van der Waals surface area contributed by atoms with Crippen molar-refractivity contribution >= 4 is 22.7 Å². The summed E-state index contributed by atoms with van der Waals surface area (Å²) in [4.78, 5) is 29.4. The number of rotatable bonds is 5. The van der Waals surface area contributed by atoms with E-state index in [2.05, 4.69) is 14.9 Å². The molecule has 0 radical (unpaired) electrons. The lowest BCUT2D eigenvalue weighted by Gasteiger charge is -2.27. The highest BCUT2D eigenvalue weighted by atomic mass is 32.1. The Morgan fingerprint density at radius 3 is 2.97 bits per heavy atom. The predicted octanol–water partition coefficient (Wildman–Crippen LogP) is 4.19. The highest BCUT2D eigenvalue weighted by molar-refractivity contribution is 7.15. The van der Waals surface area contributed by atoms with Crippen molar-refractivity contribution in [1.82, 2.24) is 19.9 Å². The summed E-state index contributed by atoms with van der Waals surface area (Å²) in [5.74, 6) is 1.50. The number of fused-ring (bicyclic) bond motifs is 1. The van der Waals surface area contributed by atoms with Crippen LogP contribution in [-0.4, -0.2) is 33.5 Å². The third-order valence-electron chi connectivity index (χ3n) is 5.17. The Hall–Kier alpha value is -2.81. The van der Waals surface area contributed by atoms with E-state index in [-0.39, 0.29) is 5.56 Å². The molecule has 8 heteroatoms. The maximum absolute atomic E-state index is 12.7. The molecule has 3 aromatic heterocycles. The Bertz CT molecular complexity index is 1230. The molecular formula is C22H20N4O2S2. The highest BCUT2D eigenvalue weighted by Crippen LogP contribution is 2.33. The number of thiazole rings is 1. The second-order valence-electron chi connectivity index (χ2n) is 7.11. The monoisotopic (exact) mass is 436 g/mol. The van der Waals surface area contributed by atoms with Gasteiger partial charge < -0.3 is 9.72 Å². The molecular weight excluding hydrogens is 416 g/mol. The van der Waals surface area contributed by atoms with Gasteiger partial charge in [0.1, 0.15) is 10.8 Å². The fourth-order valence-corrected chi connectivity index (χ4v) is 5.35. The van der Waals surface area contributed by atoms with E-state index in [0.29, 0.717) is 12.4 Å². The third-order valence-corrected chi connectivity index (χ3v) is 7.06. The van der Waals surface area contributed by atoms with Gasteiger partial charge in [-0.15, -0.1) is 22.7 Å². The van der Waals surface area contributed by atoms with Crippen LogP contribution in [0.3, 0.4) is 0 Å². The third kappa shape index (κ3) is 3.69. The van der Waals surface area contributed by atoms with Crippen molar-refractivity contribution < 1.29 is 4.74 Å². The van der Waals surface area contributed by atoms with Crippen LogP contribution in [-0.2, 0) is 19.5 Å². The first-order chi connectivity index (χ1) is 14.7. The average Bonchev–Trinajstić information content (AvgIpc) is 3.46. The molecule has 0 aliphatic carbocycles. The number of nitrogens with zero attached hydrogens (tertiary/aromatic N) is 3. The molecule has 0 unspecified atom stereocenters. The van der Waals surface area contributed by atoms with E-state index in [4.69, 9.17) is 9.72 Å². The molecule has 0 atom stereocenters. The van der Waals surface area contributed by atoms with Gasteiger partial charge in [0, 0.05) is 37.1 Å². The summed E-state index contributed by atoms with van der Waals surface area (Å²) in [5, 5.41) is 2.94. The molecule has 5 rings (SSSR count). The smallest absolute Gasteiger partial charge is 0.255 e. The predicted molar refractivity (Wildman–Crippen MR) is 120 cm³/mol. The van der Waals surface area contributed by atoms with Gasteiger partial charge in [0.25, 0.3) is 5.56 Å². The van der Waals surface area contributed by atoms with Crippen LogP contribution in [0, 0.1) is 0 Å². The molecule has 4 aromatic rings. The number of hydrogen-bond acceptors (Lipinski definition) is 7. The van der Waals surface area contributed by atoms with Crippen LogP contribution in [0.1, 0.15) is 16.1 Å². The lowest BCUT2D eigenvalue weighted by molar-refractivity contribution is 0.244. The number of ether oxygens (including phenoxy) is 1. The van der Waals surface area contributed by atoms with Gasteiger partial charge in [0.15, 0.2) is 5.82 Å². The van der Waals surface area contributed by atoms with E-state index in [1.807, 2.05) is 48.0 Å². The van der Waals surface area contributed by atoms with Gasteiger partial charge in [0.05, 0.1) is 28.8 Å². The van der Waals surface area contributed by atoms with E-state index in [9.17, 15) is 4.79 Å². The molecule has 0 saturated carbocycles. The average molecular weight is 437 g/mol. The zero-order chi connectivity index (χ0) is 20.5. The molecule has 1 aliphatic rings. The normalized spacial score (nSPS) is 13.9. The summed E-state index contributed by atoms with van der Waals surface area (Å²) in [5.41, 5.74) is 2.66. The number of hydrogen-bond donors (Lipinski definition) is 1. The van der Waals surface area contributed by atoms with Crippen molar-refractivity contribution in [3.05, 3.63) is 74.5 Å². The summed E-state index contributed by atoms with van der Waals surface area (Å²) in [7, 11) is 1.67. The number of benzene rings is 1. The standard InChI is InChI=1S/C22H20N4O2S2/c1-28-18-6-3-2-5-15(18)22-23-11-14(30-22)12-26-9-8-17-16(13-26)21(27)25-20(24-17)19-7-4-10-29-19/h2-7,10-11H,8-9,12-13H2,1H3,(H,24,25,27). The largest absolute Gasteiger partial charge is 0.496 e. The second-order valence-corrected chi connectivity index (χ2v) is 9.17. The number of nitrogens with one attached hydrogen (secondary N) is 1. The quantitative estimate of drug-likeness (QED) is 0.508. The van der Waals surface area contributed by atoms with Crippen molar-refractivity contribution in [2.45, 2.75) is 19.5 Å². The van der Waals surface area contributed by atoms with Crippen molar-refractivity contribution in [3.8, 4) is 27.0 Å². The second kappa shape index (κ2) is 8.14. The van der Waals surface area contributed by atoms with E-state index in [0.717, 1.165) is 52.0 Å². The van der Waals surface area contributed by atoms with E-state index < -0.39 is 0 Å². The van der Waals surface area contributed by atoms with Crippen LogP contribution >= 0.6 is 22.7 Å². The van der Waals surface area contributed by atoms with Crippen LogP contribution < -0.4 is 10.3 Å². The number of aromatic amines is 1. The first-order valence-corrected chi connectivity index (χ1v) is 11.4. The maximum Gasteiger partial charge on any atom is 0.255 e. The summed E-state index contributed by atoms with van der Waals surface area (Å²) < 4.78 is 5.46. The molecule has 0 amide bonds. The molecule has 30 heavy (non-hydrogen) atoms. The number of aromatic nitrogens is 3. The maximum atomic E-state index is 12.7. The zero-order valence-corrected chi connectivity index (χ0v) is 18.1. The van der Waals surface area contributed by atoms with Gasteiger partial charge >= 0.3 is 0 Å². The lowest BCUT2D eigenvalue weighted by Crippen LogP contribution is -2.35. The van der Waals surface area contributed by atoms with Crippen LogP contribution in [0.25, 0.3) is 21.3 Å². The molecule has 1 N–H and O–H groups in total. The van der Waals surface area contributed by atoms with Gasteiger partial charge in [-0.2, -0.15) is 0 Å². The summed E-state index contributed by atoms with van der Waals surface area (Å²) in [6.45, 7) is 2.23. The number of para-hydroxylation sites is 1. The Morgan fingerprint density at radius 2 is 2.13 bits per heavy atom. The van der Waals surface area contributed by atoms with E-state index in [1.54, 1.807) is 29.8 Å². The summed E-state index contributed by atoms with van der Waals surface area (Å²) >= 11 is 3.25. The topological polar surface area (TPSA) is 71.1 Å². The minimum atomic E-state index is -0.0351. The zero-order valence-electron chi connectivity index (χ0n) is 16.4. The number of H-pyrrole nitrogens is 1. The summed E-state index contributed by atoms with van der Waals surface area (Å²) in [6.07, 6.45) is 2.69. The first kappa shape index (κ1) is 19.2. The minimum Gasteiger partial charge on any atom is -0.496 e. The Kier molecular flexibility index (Phi) is 5.20. The van der Waals surface area contributed by atoms with Gasteiger partial charge in [-0.3, -0.25) is 9.69 Å². The molecule has 0 fully saturated rings. The van der Waals surface area contributed by atoms with Gasteiger partial charge in [-0.25, -0.2) is 9.97 Å². The molecule has 6 nitrogen and oxygen atoms in total. The van der Waals surface area contributed by atoms with Crippen LogP contribution in [0.15, 0.2) is 52.8 Å². The Labute approximate surface area is 181 Å². The molecule has 0 spiro atoms. The van der Waals surface area contributed by atoms with Crippen LogP contribution in [0.2, 0.25) is 0 Å². The first-order valence-electron chi connectivity index (χ1n) is 9.67. The minimum absolute atomic E-state index is 0.0351. The molecule has 4 heterocycles. The van der Waals surface area contributed by atoms with Crippen molar-refractivity contribution in [2.75, 3.05) is 13.7 Å². The molecule has 0 saturated heterocycles. The molecule has 1 aromatic carbocycles. The van der Waals surface area contributed by atoms with Gasteiger partial charge in [-0.1, -0.05) is 18.2 Å². The van der Waals surface area contributed by atoms with Crippen molar-refractivity contribution in [1.29, 1.82) is 0 Å². The fraction of sp³-hybridized carbons (Fsp3) is 0.227. The Balaban J connectivity index is 1.34. The van der Waals surface area contributed by atoms with Crippen LogP contribution in [0.5, 0.6) is 5.75 Å². The van der Waals surface area contributed by atoms with E-state index in [1.165, 1.54) is 4.88 Å². The van der Waals surface area contributed by atoms with Crippen molar-refractivity contribution in [3.63, 3.8) is 0 Å². The highest BCUT2D eigenvalue weighted by Gasteiger charge is 2.22. The Morgan fingerprint density at radius 1 is 1.23 bits per heavy atom.